The van der Waals surface area contributed by atoms with Gasteiger partial charge in [0.2, 0.25) is 11.5 Å². The molecule has 2 aromatic heterocycles. The molecule has 0 spiro atoms. The zero-order valence-corrected chi connectivity index (χ0v) is 21.1. The van der Waals surface area contributed by atoms with Gasteiger partial charge in [0.1, 0.15) is 16.9 Å². The van der Waals surface area contributed by atoms with Crippen molar-refractivity contribution >= 4 is 40.2 Å². The van der Waals surface area contributed by atoms with Crippen LogP contribution in [0, 0.1) is 0 Å². The lowest BCUT2D eigenvalue weighted by atomic mass is 10.2. The monoisotopic (exact) mass is 502 g/mol. The number of ether oxygens (including phenoxy) is 2. The molecule has 0 aliphatic carbocycles. The topological polar surface area (TPSA) is 119 Å². The number of anilines is 4. The van der Waals surface area contributed by atoms with Gasteiger partial charge >= 0.3 is 6.09 Å². The molecule has 5 rings (SSSR count). The third-order valence-corrected chi connectivity index (χ3v) is 5.77. The number of piperazine rings is 1. The van der Waals surface area contributed by atoms with Crippen LogP contribution in [0.1, 0.15) is 20.8 Å². The van der Waals surface area contributed by atoms with E-state index in [1.165, 1.54) is 0 Å². The number of nitrogens with one attached hydrogen (secondary N) is 1. The summed E-state index contributed by atoms with van der Waals surface area (Å²) in [5.41, 5.74) is 8.94. The molecular weight excluding hydrogens is 472 g/mol. The molecule has 192 valence electrons. The van der Waals surface area contributed by atoms with Crippen molar-refractivity contribution in [1.82, 2.24) is 14.9 Å². The molecule has 1 aliphatic rings. The molecule has 4 aromatic rings. The van der Waals surface area contributed by atoms with Gasteiger partial charge in [0.05, 0.1) is 6.26 Å². The summed E-state index contributed by atoms with van der Waals surface area (Å²) >= 11 is 0. The number of benzene rings is 2. The van der Waals surface area contributed by atoms with Gasteiger partial charge in [-0.15, -0.1) is 0 Å². The molecule has 2 aromatic carbocycles. The molecule has 3 N–H and O–H groups in total. The molecule has 0 atom stereocenters. The number of nitrogens with two attached hydrogens (primary N) is 1. The average molecular weight is 503 g/mol. The molecule has 10 heteroatoms. The SMILES string of the molecule is CC(C)(C)OC(=O)N1CCN(c2ccc(Nc3nc(Oc4cccc(N)c4)c4occc4n3)cc2)CC1. The van der Waals surface area contributed by atoms with Gasteiger partial charge < -0.3 is 34.7 Å². The Kier molecular flexibility index (Phi) is 6.47. The maximum atomic E-state index is 12.3. The molecule has 1 saturated heterocycles. The number of aromatic nitrogens is 2. The second-order valence-electron chi connectivity index (χ2n) is 9.79. The standard InChI is InChI=1S/C27H30N6O4/c1-27(2,3)37-26(34)33-14-12-32(13-15-33)20-9-7-19(8-10-20)29-25-30-22-11-16-35-23(22)24(31-25)36-21-6-4-5-18(28)17-21/h4-11,16-17H,12-15,28H2,1-3H3,(H,29,30,31). The second-order valence-corrected chi connectivity index (χ2v) is 9.79. The number of rotatable bonds is 5. The van der Waals surface area contributed by atoms with Crippen LogP contribution < -0.4 is 20.7 Å². The minimum absolute atomic E-state index is 0.264. The highest BCUT2D eigenvalue weighted by Gasteiger charge is 2.26. The minimum Gasteiger partial charge on any atom is -0.457 e. The van der Waals surface area contributed by atoms with Crippen molar-refractivity contribution in [3.8, 4) is 11.6 Å². The number of hydrogen-bond acceptors (Lipinski definition) is 9. The Bertz CT molecular complexity index is 1390. The first-order valence-electron chi connectivity index (χ1n) is 12.1. The van der Waals surface area contributed by atoms with Gasteiger partial charge in [-0.2, -0.15) is 4.98 Å². The highest BCUT2D eigenvalue weighted by molar-refractivity contribution is 5.79. The Morgan fingerprint density at radius 2 is 1.78 bits per heavy atom. The van der Waals surface area contributed by atoms with E-state index in [9.17, 15) is 4.79 Å². The van der Waals surface area contributed by atoms with Crippen molar-refractivity contribution in [2.45, 2.75) is 26.4 Å². The molecule has 0 bridgehead atoms. The van der Waals surface area contributed by atoms with Gasteiger partial charge in [-0.25, -0.2) is 9.78 Å². The molecule has 10 nitrogen and oxygen atoms in total. The molecule has 1 amide bonds. The lowest BCUT2D eigenvalue weighted by Crippen LogP contribution is -2.50. The molecule has 37 heavy (non-hydrogen) atoms. The van der Waals surface area contributed by atoms with Gasteiger partial charge in [0.15, 0.2) is 0 Å². The number of amides is 1. The van der Waals surface area contributed by atoms with E-state index in [0.717, 1.165) is 24.5 Å². The normalized spacial score (nSPS) is 14.0. The lowest BCUT2D eigenvalue weighted by Gasteiger charge is -2.36. The van der Waals surface area contributed by atoms with Crippen LogP contribution in [-0.2, 0) is 4.74 Å². The van der Waals surface area contributed by atoms with E-state index in [4.69, 9.17) is 19.6 Å². The molecule has 0 saturated carbocycles. The Labute approximate surface area is 215 Å². The van der Waals surface area contributed by atoms with Crippen LogP contribution in [0.3, 0.4) is 0 Å². The van der Waals surface area contributed by atoms with Crippen molar-refractivity contribution in [1.29, 1.82) is 0 Å². The fourth-order valence-corrected chi connectivity index (χ4v) is 4.01. The number of carbonyl (C=O) groups excluding carboxylic acids is 1. The summed E-state index contributed by atoms with van der Waals surface area (Å²) in [6.45, 7) is 8.33. The number of carbonyl (C=O) groups is 1. The summed E-state index contributed by atoms with van der Waals surface area (Å²) in [7, 11) is 0. The van der Waals surface area contributed by atoms with E-state index in [1.807, 2.05) is 51.1 Å². The summed E-state index contributed by atoms with van der Waals surface area (Å²) in [5.74, 6) is 1.23. The quantitative estimate of drug-likeness (QED) is 0.346. The van der Waals surface area contributed by atoms with Crippen molar-refractivity contribution in [2.24, 2.45) is 0 Å². The number of furan rings is 1. The van der Waals surface area contributed by atoms with Gasteiger partial charge in [-0.1, -0.05) is 6.07 Å². The van der Waals surface area contributed by atoms with Crippen LogP contribution >= 0.6 is 0 Å². The number of fused-ring (bicyclic) bond motifs is 1. The third-order valence-electron chi connectivity index (χ3n) is 5.77. The second kappa shape index (κ2) is 9.88. The Balaban J connectivity index is 1.25. The predicted octanol–water partition coefficient (Wildman–Crippen LogP) is 5.40. The van der Waals surface area contributed by atoms with Crippen LogP contribution in [0.25, 0.3) is 11.1 Å². The van der Waals surface area contributed by atoms with Gasteiger partial charge in [0.25, 0.3) is 5.88 Å². The predicted molar refractivity (Wildman–Crippen MR) is 142 cm³/mol. The molecule has 1 aliphatic heterocycles. The third kappa shape index (κ3) is 5.85. The highest BCUT2D eigenvalue weighted by atomic mass is 16.6. The van der Waals surface area contributed by atoms with E-state index >= 15 is 0 Å². The number of nitrogens with zero attached hydrogens (tertiary/aromatic N) is 4. The molecule has 0 radical (unpaired) electrons. The van der Waals surface area contributed by atoms with E-state index in [1.54, 1.807) is 35.4 Å². The summed E-state index contributed by atoms with van der Waals surface area (Å²) < 4.78 is 17.0. The van der Waals surface area contributed by atoms with E-state index in [2.05, 4.69) is 20.2 Å². The summed E-state index contributed by atoms with van der Waals surface area (Å²) in [5, 5.41) is 3.24. The highest BCUT2D eigenvalue weighted by Crippen LogP contribution is 2.31. The summed E-state index contributed by atoms with van der Waals surface area (Å²) in [4.78, 5) is 25.4. The molecule has 0 unspecified atom stereocenters. The number of nitrogen functional groups attached to an aromatic ring is 1. The fraction of sp³-hybridized carbons (Fsp3) is 0.296. The zero-order chi connectivity index (χ0) is 26.0. The van der Waals surface area contributed by atoms with E-state index in [0.29, 0.717) is 47.5 Å². The van der Waals surface area contributed by atoms with Crippen molar-refractivity contribution in [3.63, 3.8) is 0 Å². The molecule has 3 heterocycles. The zero-order valence-electron chi connectivity index (χ0n) is 21.1. The van der Waals surface area contributed by atoms with Crippen LogP contribution in [0.2, 0.25) is 0 Å². The largest absolute Gasteiger partial charge is 0.457 e. The maximum Gasteiger partial charge on any atom is 0.410 e. The summed E-state index contributed by atoms with van der Waals surface area (Å²) in [6.07, 6.45) is 1.28. The Morgan fingerprint density at radius 3 is 2.49 bits per heavy atom. The first-order chi connectivity index (χ1) is 17.7. The summed E-state index contributed by atoms with van der Waals surface area (Å²) in [6, 6.07) is 16.9. The maximum absolute atomic E-state index is 12.3. The van der Waals surface area contributed by atoms with Gasteiger partial charge in [-0.3, -0.25) is 0 Å². The average Bonchev–Trinajstić information content (AvgIpc) is 3.33. The Morgan fingerprint density at radius 1 is 1.03 bits per heavy atom. The van der Waals surface area contributed by atoms with Crippen LogP contribution in [0.4, 0.5) is 27.8 Å². The van der Waals surface area contributed by atoms with Gasteiger partial charge in [-0.05, 0) is 57.2 Å². The smallest absolute Gasteiger partial charge is 0.410 e. The van der Waals surface area contributed by atoms with Crippen LogP contribution in [0.15, 0.2) is 65.3 Å². The number of hydrogen-bond donors (Lipinski definition) is 2. The molecular formula is C27H30N6O4. The van der Waals surface area contributed by atoms with E-state index in [-0.39, 0.29) is 6.09 Å². The lowest BCUT2D eigenvalue weighted by molar-refractivity contribution is 0.0240. The molecule has 1 fully saturated rings. The van der Waals surface area contributed by atoms with Gasteiger partial charge in [0, 0.05) is 55.4 Å². The van der Waals surface area contributed by atoms with Crippen molar-refractivity contribution in [3.05, 3.63) is 60.9 Å². The van der Waals surface area contributed by atoms with Crippen molar-refractivity contribution < 1.29 is 18.7 Å². The first kappa shape index (κ1) is 24.2. The van der Waals surface area contributed by atoms with Crippen LogP contribution in [-0.4, -0.2) is 52.7 Å². The van der Waals surface area contributed by atoms with E-state index < -0.39 is 5.60 Å². The van der Waals surface area contributed by atoms with Crippen LogP contribution in [0.5, 0.6) is 11.6 Å². The Hall–Kier alpha value is -4.47. The minimum atomic E-state index is -0.495. The van der Waals surface area contributed by atoms with Crippen molar-refractivity contribution in [2.75, 3.05) is 42.1 Å². The fourth-order valence-electron chi connectivity index (χ4n) is 4.01. The first-order valence-corrected chi connectivity index (χ1v) is 12.1.